The summed E-state index contributed by atoms with van der Waals surface area (Å²) >= 11 is 0. The van der Waals surface area contributed by atoms with E-state index in [2.05, 4.69) is 223 Å². The minimum Gasteiger partial charge on any atom is -0.278 e. The second kappa shape index (κ2) is 17.2. The second-order valence-corrected chi connectivity index (χ2v) is 16.9. The van der Waals surface area contributed by atoms with Gasteiger partial charge < -0.3 is 0 Å². The molecule has 0 unspecified atom stereocenters. The van der Waals surface area contributed by atoms with E-state index in [4.69, 9.17) is 15.0 Å². The summed E-state index contributed by atoms with van der Waals surface area (Å²) in [5.41, 5.74) is 17.9. The molecule has 2 aromatic heterocycles. The van der Waals surface area contributed by atoms with Crippen LogP contribution in [-0.2, 0) is 0 Å². The maximum Gasteiger partial charge on any atom is 0.238 e. The molecule has 0 amide bonds. The molecule has 4 heteroatoms. The van der Waals surface area contributed by atoms with Crippen LogP contribution in [-0.4, -0.2) is 19.5 Å². The molecule has 314 valence electrons. The van der Waals surface area contributed by atoms with Crippen molar-refractivity contribution >= 4 is 21.8 Å². The molecule has 0 saturated heterocycles. The van der Waals surface area contributed by atoms with E-state index in [1.807, 2.05) is 36.4 Å². The quantitative estimate of drug-likeness (QED) is 0.145. The van der Waals surface area contributed by atoms with Crippen LogP contribution in [0.25, 0.3) is 117 Å². The normalized spacial score (nSPS) is 11.3. The van der Waals surface area contributed by atoms with Crippen LogP contribution in [0.1, 0.15) is 0 Å². The summed E-state index contributed by atoms with van der Waals surface area (Å²) in [5, 5.41) is 2.22. The van der Waals surface area contributed by atoms with Crippen molar-refractivity contribution in [1.29, 1.82) is 0 Å². The van der Waals surface area contributed by atoms with E-state index in [9.17, 15) is 0 Å². The molecule has 0 atom stereocenters. The van der Waals surface area contributed by atoms with Crippen LogP contribution in [0.4, 0.5) is 0 Å². The molecule has 67 heavy (non-hydrogen) atoms. The molecular weight excluding hydrogens is 813 g/mol. The lowest BCUT2D eigenvalue weighted by Gasteiger charge is -2.11. The number of aromatic nitrogens is 4. The summed E-state index contributed by atoms with van der Waals surface area (Å²) < 4.78 is 2.20. The Morgan fingerprint density at radius 1 is 0.209 bits per heavy atom. The van der Waals surface area contributed by atoms with Gasteiger partial charge in [0.2, 0.25) is 5.95 Å². The third kappa shape index (κ3) is 7.77. The molecule has 4 nitrogen and oxygen atoms in total. The van der Waals surface area contributed by atoms with Gasteiger partial charge in [-0.15, -0.1) is 0 Å². The van der Waals surface area contributed by atoms with Crippen molar-refractivity contribution in [1.82, 2.24) is 19.5 Å². The monoisotopic (exact) mass is 854 g/mol. The van der Waals surface area contributed by atoms with Crippen LogP contribution in [0.3, 0.4) is 0 Å². The van der Waals surface area contributed by atoms with E-state index in [1.54, 1.807) is 0 Å². The highest BCUT2D eigenvalue weighted by atomic mass is 15.2. The molecule has 2 heterocycles. The van der Waals surface area contributed by atoms with Crippen LogP contribution in [0.2, 0.25) is 0 Å². The lowest BCUT2D eigenvalue weighted by Crippen LogP contribution is -2.06. The van der Waals surface area contributed by atoms with Crippen molar-refractivity contribution in [2.75, 3.05) is 0 Å². The summed E-state index contributed by atoms with van der Waals surface area (Å²) in [7, 11) is 0. The number of hydrogen-bond acceptors (Lipinski definition) is 3. The van der Waals surface area contributed by atoms with Gasteiger partial charge in [-0.2, -0.15) is 9.97 Å². The molecule has 0 saturated carbocycles. The zero-order valence-corrected chi connectivity index (χ0v) is 36.5. The minimum atomic E-state index is 0.564. The summed E-state index contributed by atoms with van der Waals surface area (Å²) in [6.07, 6.45) is 0. The number of fused-ring (bicyclic) bond motifs is 3. The fourth-order valence-electron chi connectivity index (χ4n) is 9.27. The van der Waals surface area contributed by atoms with E-state index in [0.29, 0.717) is 17.6 Å². The molecule has 0 radical (unpaired) electrons. The number of benzene rings is 10. The zero-order chi connectivity index (χ0) is 44.5. The maximum absolute atomic E-state index is 5.22. The molecule has 12 aromatic rings. The summed E-state index contributed by atoms with van der Waals surface area (Å²) in [4.78, 5) is 15.5. The fourth-order valence-corrected chi connectivity index (χ4v) is 9.27. The van der Waals surface area contributed by atoms with Crippen molar-refractivity contribution in [3.05, 3.63) is 255 Å². The van der Waals surface area contributed by atoms with Gasteiger partial charge in [0, 0.05) is 21.9 Å². The van der Waals surface area contributed by atoms with Gasteiger partial charge >= 0.3 is 0 Å². The van der Waals surface area contributed by atoms with Crippen molar-refractivity contribution < 1.29 is 0 Å². The second-order valence-electron chi connectivity index (χ2n) is 16.9. The number of hydrogen-bond donors (Lipinski definition) is 0. The van der Waals surface area contributed by atoms with Gasteiger partial charge in [0.05, 0.1) is 11.0 Å². The van der Waals surface area contributed by atoms with E-state index < -0.39 is 0 Å². The molecule has 0 aliphatic carbocycles. The molecule has 10 aromatic carbocycles. The first-order valence-corrected chi connectivity index (χ1v) is 22.7. The van der Waals surface area contributed by atoms with Gasteiger partial charge in [0.1, 0.15) is 0 Å². The zero-order valence-electron chi connectivity index (χ0n) is 36.5. The Hall–Kier alpha value is -8.99. The molecular formula is C63H42N4. The topological polar surface area (TPSA) is 43.6 Å². The summed E-state index contributed by atoms with van der Waals surface area (Å²) in [5.74, 6) is 1.80. The molecule has 0 aliphatic heterocycles. The Morgan fingerprint density at radius 2 is 0.478 bits per heavy atom. The number of rotatable bonds is 9. The average molecular weight is 855 g/mol. The minimum absolute atomic E-state index is 0.564. The predicted molar refractivity (Wildman–Crippen MR) is 278 cm³/mol. The van der Waals surface area contributed by atoms with Crippen molar-refractivity contribution in [2.24, 2.45) is 0 Å². The van der Waals surface area contributed by atoms with E-state index in [1.165, 1.54) is 44.5 Å². The third-order valence-corrected chi connectivity index (χ3v) is 12.7. The highest BCUT2D eigenvalue weighted by Crippen LogP contribution is 2.39. The first kappa shape index (κ1) is 39.6. The SMILES string of the molecule is c1ccc(-c2cccc(-c3cccc(-c4ccc5c(c4)c4cc(-c6cccc(-c7cccc(-c8ccccc8)c7)c6)ccc4n5-c4nc(-c5ccccc5)nc(-c5ccccc5)n4)c3)c2)cc1. The maximum atomic E-state index is 5.22. The van der Waals surface area contributed by atoms with Gasteiger partial charge in [-0.3, -0.25) is 4.57 Å². The van der Waals surface area contributed by atoms with Gasteiger partial charge in [-0.25, -0.2) is 4.98 Å². The standard InChI is InChI=1S/C63H42N4/c1-5-17-43(18-6-1)47-25-13-27-49(37-47)51-29-15-31-53(39-51)55-33-35-59-57(41-55)58-42-56(54-32-16-30-52(40-54)50-28-14-26-48(38-50)44-19-7-2-8-20-44)34-36-60(58)67(59)63-65-61(45-21-9-3-10-22-45)64-62(66-63)46-23-11-4-12-24-46/h1-42H. The summed E-state index contributed by atoms with van der Waals surface area (Å²) in [6.45, 7) is 0. The molecule has 0 aliphatic rings. The molecule has 0 bridgehead atoms. The highest BCUT2D eigenvalue weighted by molar-refractivity contribution is 6.11. The van der Waals surface area contributed by atoms with Gasteiger partial charge in [0.15, 0.2) is 11.6 Å². The lowest BCUT2D eigenvalue weighted by molar-refractivity contribution is 0.953. The van der Waals surface area contributed by atoms with Crippen LogP contribution < -0.4 is 0 Å². The van der Waals surface area contributed by atoms with E-state index in [0.717, 1.165) is 55.2 Å². The van der Waals surface area contributed by atoms with E-state index >= 15 is 0 Å². The molecule has 12 rings (SSSR count). The Labute approximate surface area is 389 Å². The third-order valence-electron chi connectivity index (χ3n) is 12.7. The first-order valence-electron chi connectivity index (χ1n) is 22.7. The molecule has 0 fully saturated rings. The van der Waals surface area contributed by atoms with Crippen LogP contribution in [0, 0.1) is 0 Å². The lowest BCUT2D eigenvalue weighted by atomic mass is 9.95. The Bertz CT molecular complexity index is 3490. The largest absolute Gasteiger partial charge is 0.278 e. The van der Waals surface area contributed by atoms with Crippen LogP contribution in [0.5, 0.6) is 0 Å². The van der Waals surface area contributed by atoms with Crippen molar-refractivity contribution in [3.8, 4) is 95.5 Å². The first-order chi connectivity index (χ1) is 33.2. The Morgan fingerprint density at radius 3 is 0.806 bits per heavy atom. The van der Waals surface area contributed by atoms with Crippen LogP contribution >= 0.6 is 0 Å². The Kier molecular flexibility index (Phi) is 10.2. The van der Waals surface area contributed by atoms with Crippen molar-refractivity contribution in [3.63, 3.8) is 0 Å². The number of nitrogens with zero attached hydrogens (tertiary/aromatic N) is 4. The van der Waals surface area contributed by atoms with Gasteiger partial charge in [-0.05, 0) is 115 Å². The Balaban J connectivity index is 1.02. The average Bonchev–Trinajstić information content (AvgIpc) is 3.75. The van der Waals surface area contributed by atoms with Gasteiger partial charge in [0.25, 0.3) is 0 Å². The molecule has 0 spiro atoms. The van der Waals surface area contributed by atoms with E-state index in [-0.39, 0.29) is 0 Å². The van der Waals surface area contributed by atoms with Crippen LogP contribution in [0.15, 0.2) is 255 Å². The molecule has 0 N–H and O–H groups in total. The van der Waals surface area contributed by atoms with Crippen molar-refractivity contribution in [2.45, 2.75) is 0 Å². The highest BCUT2D eigenvalue weighted by Gasteiger charge is 2.20. The van der Waals surface area contributed by atoms with Gasteiger partial charge in [-0.1, -0.05) is 206 Å². The summed E-state index contributed by atoms with van der Waals surface area (Å²) in [6, 6.07) is 90.4. The predicted octanol–water partition coefficient (Wildman–Crippen LogP) is 16.3. The smallest absolute Gasteiger partial charge is 0.238 e. The fraction of sp³-hybridized carbons (Fsp3) is 0.